The lowest BCUT2D eigenvalue weighted by Gasteiger charge is -2.19. The largest absolute Gasteiger partial charge is 0.417 e. The number of carbonyl (C=O) groups is 2. The number of alkyl halides is 12. The number of halogens is 19. The Morgan fingerprint density at radius 1 is 0.629 bits per heavy atom. The highest BCUT2D eigenvalue weighted by molar-refractivity contribution is 9.10. The Hall–Kier alpha value is -3.72. The minimum atomic E-state index is -5.07. The van der Waals surface area contributed by atoms with Crippen LogP contribution in [0.5, 0.6) is 0 Å². The van der Waals surface area contributed by atoms with Crippen molar-refractivity contribution >= 4 is 85.6 Å². The Bertz CT molecular complexity index is 2340. The van der Waals surface area contributed by atoms with Crippen LogP contribution in [0.4, 0.5) is 61.5 Å². The molecule has 0 aromatic heterocycles. The van der Waals surface area contributed by atoms with Crippen LogP contribution in [0.3, 0.4) is 0 Å². The molecule has 0 radical (unpaired) electrons. The zero-order valence-corrected chi connectivity index (χ0v) is 35.3. The minimum Gasteiger partial charge on any atom is -0.324 e. The first-order chi connectivity index (χ1) is 28.4. The van der Waals surface area contributed by atoms with Crippen LogP contribution < -0.4 is 11.1 Å². The van der Waals surface area contributed by atoms with Crippen molar-refractivity contribution in [2.45, 2.75) is 36.5 Å². The highest BCUT2D eigenvalue weighted by Crippen LogP contribution is 2.44. The van der Waals surface area contributed by atoms with Crippen molar-refractivity contribution < 1.29 is 71.1 Å². The van der Waals surface area contributed by atoms with E-state index in [1.807, 2.05) is 0 Å². The molecule has 4 aromatic carbocycles. The zero-order valence-electron chi connectivity index (χ0n) is 30.6. The van der Waals surface area contributed by atoms with E-state index in [1.165, 1.54) is 13.1 Å². The van der Waals surface area contributed by atoms with Crippen LogP contribution in [0.2, 0.25) is 20.1 Å². The van der Waals surface area contributed by atoms with Crippen molar-refractivity contribution in [1.82, 2.24) is 5.32 Å². The van der Waals surface area contributed by atoms with Gasteiger partial charge in [-0.3, -0.25) is 9.59 Å². The summed E-state index contributed by atoms with van der Waals surface area (Å²) in [5, 5.41) is 1.68. The van der Waals surface area contributed by atoms with E-state index in [-0.39, 0.29) is 48.3 Å². The number of benzene rings is 4. The summed E-state index contributed by atoms with van der Waals surface area (Å²) in [6.07, 6.45) is -19.8. The van der Waals surface area contributed by atoms with Crippen LogP contribution in [0.25, 0.3) is 11.7 Å². The van der Waals surface area contributed by atoms with Crippen molar-refractivity contribution in [2.75, 3.05) is 20.1 Å². The number of likely N-dealkylation sites (N-methyl/N-ethyl adjacent to an activating group) is 1. The maximum atomic E-state index is 14.7. The lowest BCUT2D eigenvalue weighted by Crippen LogP contribution is -2.22. The summed E-state index contributed by atoms with van der Waals surface area (Å²) >= 11 is 25.9. The van der Waals surface area contributed by atoms with E-state index in [2.05, 4.69) is 21.2 Å². The fourth-order valence-electron chi connectivity index (χ4n) is 5.41. The van der Waals surface area contributed by atoms with Crippen LogP contribution in [0.15, 0.2) is 83.4 Å². The van der Waals surface area contributed by atoms with Gasteiger partial charge in [0, 0.05) is 26.7 Å². The molecule has 4 nitrogen and oxygen atoms in total. The minimum absolute atomic E-state index is 0.0792. The van der Waals surface area contributed by atoms with Gasteiger partial charge in [0.25, 0.3) is 0 Å². The van der Waals surface area contributed by atoms with E-state index in [4.69, 9.17) is 52.1 Å². The predicted molar refractivity (Wildman–Crippen MR) is 211 cm³/mol. The highest BCUT2D eigenvalue weighted by Gasteiger charge is 2.42. The maximum absolute atomic E-state index is 14.7. The summed E-state index contributed by atoms with van der Waals surface area (Å²) in [7, 11) is 1.36. The maximum Gasteiger partial charge on any atom is 0.417 e. The molecule has 0 fully saturated rings. The number of ketones is 2. The van der Waals surface area contributed by atoms with Gasteiger partial charge in [-0.2, -0.15) is 52.7 Å². The first-order valence-electron chi connectivity index (χ1n) is 16.7. The van der Waals surface area contributed by atoms with E-state index < -0.39 is 112 Å². The predicted octanol–water partition coefficient (Wildman–Crippen LogP) is 14.6. The molecule has 0 heterocycles. The SMILES string of the molecule is CNCC(=O)c1ccc(/C(F)=C/C(c2ccc(Cl)c(Br)c2)C(F)(F)F)cc1C(F)(F)F.NCC(=O)c1ccc(/C(F)=C/C(c2cc(Cl)c(Cl)c(Cl)c2)C(F)(F)F)cc1C(F)(F)F. The van der Waals surface area contributed by atoms with E-state index >= 15 is 0 Å². The summed E-state index contributed by atoms with van der Waals surface area (Å²) in [4.78, 5) is 23.5. The molecule has 0 aliphatic carbocycles. The van der Waals surface area contributed by atoms with Crippen LogP contribution in [0.1, 0.15) is 65.9 Å². The molecule has 3 N–H and O–H groups in total. The van der Waals surface area contributed by atoms with Gasteiger partial charge in [0.1, 0.15) is 23.5 Å². The standard InChI is InChI=1S/C20H14BrClF7NO.C19H11Cl3F7NO/c1-30-9-18(31)12-4-2-11(6-14(12)20(27,28)29)17(23)8-13(19(24,25)26)10-3-5-16(22)15(21)7-10;20-13-4-9(5-14(21)17(13)22)11(18(24,25)26)6-15(23)8-1-2-10(16(31)7-30)12(3-8)19(27,28)29/h2-8,13,30H,9H2,1H3;1-6,11H,7,30H2/b17-8-;15-6-. The van der Waals surface area contributed by atoms with Crippen molar-refractivity contribution in [3.8, 4) is 0 Å². The van der Waals surface area contributed by atoms with Gasteiger partial charge in [0.2, 0.25) is 0 Å². The van der Waals surface area contributed by atoms with Crippen molar-refractivity contribution in [1.29, 1.82) is 0 Å². The van der Waals surface area contributed by atoms with Gasteiger partial charge in [0.15, 0.2) is 11.6 Å². The Kier molecular flexibility index (Phi) is 17.7. The second kappa shape index (κ2) is 20.9. The smallest absolute Gasteiger partial charge is 0.324 e. The topological polar surface area (TPSA) is 72.2 Å². The molecule has 0 bridgehead atoms. The second-order valence-corrected chi connectivity index (χ2v) is 15.1. The van der Waals surface area contributed by atoms with Crippen LogP contribution in [-0.4, -0.2) is 44.1 Å². The molecule has 0 aliphatic heterocycles. The van der Waals surface area contributed by atoms with Gasteiger partial charge in [-0.15, -0.1) is 0 Å². The second-order valence-electron chi connectivity index (χ2n) is 12.6. The van der Waals surface area contributed by atoms with Gasteiger partial charge in [-0.05, 0) is 82.7 Å². The van der Waals surface area contributed by atoms with Gasteiger partial charge >= 0.3 is 24.7 Å². The third kappa shape index (κ3) is 13.6. The number of hydrogen-bond acceptors (Lipinski definition) is 4. The Morgan fingerprint density at radius 2 is 1.05 bits per heavy atom. The molecule has 62 heavy (non-hydrogen) atoms. The number of Topliss-reactive ketones (excluding diaryl/α,β-unsaturated/α-hetero) is 2. The molecule has 0 saturated heterocycles. The number of allylic oxidation sites excluding steroid dienone is 2. The molecule has 336 valence electrons. The normalized spacial score (nSPS) is 14.0. The van der Waals surface area contributed by atoms with Gasteiger partial charge in [0.05, 0.1) is 44.3 Å². The summed E-state index contributed by atoms with van der Waals surface area (Å²) in [6, 6.07) is 8.43. The van der Waals surface area contributed by atoms with Gasteiger partial charge in [-0.1, -0.05) is 76.7 Å². The zero-order chi connectivity index (χ0) is 47.3. The quantitative estimate of drug-likeness (QED) is 0.0892. The average Bonchev–Trinajstić information content (AvgIpc) is 3.16. The Balaban J connectivity index is 0.000000330. The average molecular weight is 1040 g/mol. The van der Waals surface area contributed by atoms with E-state index in [0.717, 1.165) is 42.5 Å². The molecular formula is C39H25BrCl4F14N2O2. The first-order valence-corrected chi connectivity index (χ1v) is 19.0. The number of rotatable bonds is 11. The lowest BCUT2D eigenvalue weighted by molar-refractivity contribution is -0.140. The number of hydrogen-bond donors (Lipinski definition) is 2. The van der Waals surface area contributed by atoms with Gasteiger partial charge in [-0.25, -0.2) is 8.78 Å². The molecule has 0 amide bonds. The van der Waals surface area contributed by atoms with E-state index in [1.54, 1.807) is 0 Å². The number of nitrogens with two attached hydrogens (primary N) is 1. The summed E-state index contributed by atoms with van der Waals surface area (Å²) in [5.41, 5.74) is -1.93. The molecule has 4 rings (SSSR count). The van der Waals surface area contributed by atoms with Crippen LogP contribution in [0, 0.1) is 0 Å². The summed E-state index contributed by atoms with van der Waals surface area (Å²) in [5.74, 6) is -10.1. The fraction of sp³-hybridized carbons (Fsp3) is 0.231. The van der Waals surface area contributed by atoms with Crippen molar-refractivity contribution in [3.05, 3.63) is 148 Å². The van der Waals surface area contributed by atoms with E-state index in [9.17, 15) is 71.1 Å². The third-order valence-corrected chi connectivity index (χ3v) is 10.7. The molecular weight excluding hydrogens is 1020 g/mol. The third-order valence-electron chi connectivity index (χ3n) is 8.32. The molecule has 0 spiro atoms. The summed E-state index contributed by atoms with van der Waals surface area (Å²) < 4.78 is 191. The monoisotopic (exact) mass is 1040 g/mol. The Morgan fingerprint density at radius 3 is 1.42 bits per heavy atom. The number of carbonyl (C=O) groups excluding carboxylic acids is 2. The van der Waals surface area contributed by atoms with Crippen LogP contribution >= 0.6 is 62.3 Å². The fourth-order valence-corrected chi connectivity index (χ4v) is 6.54. The molecule has 2 atom stereocenters. The molecule has 2 unspecified atom stereocenters. The van der Waals surface area contributed by atoms with Crippen LogP contribution in [-0.2, 0) is 12.4 Å². The van der Waals surface area contributed by atoms with E-state index in [0.29, 0.717) is 12.1 Å². The lowest BCUT2D eigenvalue weighted by atomic mass is 9.95. The molecule has 4 aromatic rings. The molecule has 23 heteroatoms. The Labute approximate surface area is 370 Å². The number of nitrogens with one attached hydrogen (secondary N) is 1. The molecule has 0 aliphatic rings. The highest BCUT2D eigenvalue weighted by atomic mass is 79.9. The van der Waals surface area contributed by atoms with Crippen molar-refractivity contribution in [3.63, 3.8) is 0 Å². The first kappa shape index (κ1) is 52.6. The van der Waals surface area contributed by atoms with Gasteiger partial charge < -0.3 is 11.1 Å². The van der Waals surface area contributed by atoms with Crippen molar-refractivity contribution in [2.24, 2.45) is 5.73 Å². The summed E-state index contributed by atoms with van der Waals surface area (Å²) in [6.45, 7) is -1.14. The molecule has 0 saturated carbocycles.